The molecule has 1 amide bonds. The number of nitrogens with zero attached hydrogens (tertiary/aromatic N) is 6. The largest absolute Gasteiger partial charge is 0.573 e. The van der Waals surface area contributed by atoms with Crippen LogP contribution in [0.2, 0.25) is 0 Å². The van der Waals surface area contributed by atoms with Gasteiger partial charge in [0.15, 0.2) is 5.82 Å². The van der Waals surface area contributed by atoms with Gasteiger partial charge in [0, 0.05) is 37.1 Å². The summed E-state index contributed by atoms with van der Waals surface area (Å²) < 4.78 is 41.5. The number of benzene rings is 1. The molecule has 0 bridgehead atoms. The van der Waals surface area contributed by atoms with Gasteiger partial charge in [-0.1, -0.05) is 23.5 Å². The van der Waals surface area contributed by atoms with Crippen molar-refractivity contribution in [2.45, 2.75) is 43.5 Å². The third-order valence-corrected chi connectivity index (χ3v) is 8.73. The van der Waals surface area contributed by atoms with Crippen molar-refractivity contribution < 1.29 is 22.7 Å². The number of nitrogens with one attached hydrogen (secondary N) is 2. The van der Waals surface area contributed by atoms with Crippen molar-refractivity contribution in [3.63, 3.8) is 0 Å². The van der Waals surface area contributed by atoms with Crippen LogP contribution in [0.5, 0.6) is 5.75 Å². The molecule has 1 aromatic carbocycles. The molecule has 2 saturated heterocycles. The Bertz CT molecular complexity index is 1260. The highest BCUT2D eigenvalue weighted by atomic mass is 32.2. The number of aromatic nitrogens is 4. The minimum atomic E-state index is -4.70. The number of hydrogen-bond acceptors (Lipinski definition) is 11. The highest BCUT2D eigenvalue weighted by Crippen LogP contribution is 2.28. The number of piperidine rings is 1. The third kappa shape index (κ3) is 8.41. The molecule has 2 fully saturated rings. The average Bonchev–Trinajstić information content (AvgIpc) is 3.58. The first-order valence-corrected chi connectivity index (χ1v) is 14.8. The Morgan fingerprint density at radius 3 is 2.67 bits per heavy atom. The van der Waals surface area contributed by atoms with E-state index in [1.807, 2.05) is 12.1 Å². The molecule has 4 heterocycles. The summed E-state index contributed by atoms with van der Waals surface area (Å²) >= 11 is 2.93. The zero-order valence-corrected chi connectivity index (χ0v) is 23.1. The standard InChI is InChI=1S/C25H29F3N8O2S2/c26-25(27,28)38-19-4-1-3-17(13-19)14-35-10-7-20(8-11-35)39-16-22(37)31-24-34-33-23(40-24)30-18-6-12-36(15-18)21-5-2-9-29-32-21/h1-5,9,13,18,20H,6-8,10-12,14-16H2,(H,30,33)(H,31,34,37)/t18-/m1/s1. The minimum absolute atomic E-state index is 0.119. The molecule has 2 aliphatic heterocycles. The lowest BCUT2D eigenvalue weighted by molar-refractivity contribution is -0.274. The summed E-state index contributed by atoms with van der Waals surface area (Å²) in [5.74, 6) is 0.846. The molecule has 2 N–H and O–H groups in total. The van der Waals surface area contributed by atoms with Gasteiger partial charge in [0.25, 0.3) is 0 Å². The number of hydrogen-bond donors (Lipinski definition) is 2. The molecule has 3 aromatic rings. The Labute approximate surface area is 237 Å². The molecule has 40 heavy (non-hydrogen) atoms. The Morgan fingerprint density at radius 1 is 1.07 bits per heavy atom. The van der Waals surface area contributed by atoms with Gasteiger partial charge in [0.05, 0.1) is 5.75 Å². The number of halogens is 3. The Kier molecular flexibility index (Phi) is 9.22. The van der Waals surface area contributed by atoms with Gasteiger partial charge in [0.2, 0.25) is 16.2 Å². The SMILES string of the molecule is O=C(CSC1CCN(Cc2cccc(OC(F)(F)F)c2)CC1)Nc1nnc(N[C@@H]2CCN(c3cccnn3)C2)s1. The van der Waals surface area contributed by atoms with Gasteiger partial charge in [0.1, 0.15) is 5.75 Å². The van der Waals surface area contributed by atoms with Crippen LogP contribution in [0.15, 0.2) is 42.6 Å². The molecule has 214 valence electrons. The van der Waals surface area contributed by atoms with Gasteiger partial charge in [-0.15, -0.1) is 40.2 Å². The lowest BCUT2D eigenvalue weighted by Gasteiger charge is -2.31. The molecule has 0 unspecified atom stereocenters. The van der Waals surface area contributed by atoms with Crippen LogP contribution < -0.4 is 20.3 Å². The second-order valence-corrected chi connectivity index (χ2v) is 11.9. The van der Waals surface area contributed by atoms with E-state index in [-0.39, 0.29) is 17.7 Å². The van der Waals surface area contributed by atoms with E-state index in [0.29, 0.717) is 27.8 Å². The van der Waals surface area contributed by atoms with Gasteiger partial charge in [-0.05, 0) is 62.2 Å². The summed E-state index contributed by atoms with van der Waals surface area (Å²) in [7, 11) is 0. The van der Waals surface area contributed by atoms with Crippen molar-refractivity contribution in [2.24, 2.45) is 0 Å². The summed E-state index contributed by atoms with van der Waals surface area (Å²) in [5, 5.41) is 24.1. The molecule has 0 aliphatic carbocycles. The second kappa shape index (κ2) is 13.0. The van der Waals surface area contributed by atoms with Crippen LogP contribution in [0.3, 0.4) is 0 Å². The van der Waals surface area contributed by atoms with E-state index in [9.17, 15) is 18.0 Å². The number of carbonyl (C=O) groups is 1. The average molecular weight is 595 g/mol. The van der Waals surface area contributed by atoms with E-state index < -0.39 is 6.36 Å². The Morgan fingerprint density at radius 2 is 1.90 bits per heavy atom. The molecular weight excluding hydrogens is 565 g/mol. The molecule has 0 radical (unpaired) electrons. The van der Waals surface area contributed by atoms with Crippen molar-refractivity contribution in [1.82, 2.24) is 25.3 Å². The number of likely N-dealkylation sites (tertiary alicyclic amines) is 1. The van der Waals surface area contributed by atoms with E-state index in [1.165, 1.54) is 23.5 Å². The van der Waals surface area contributed by atoms with Crippen LogP contribution in [-0.2, 0) is 11.3 Å². The second-order valence-electron chi connectivity index (χ2n) is 9.60. The van der Waals surface area contributed by atoms with Gasteiger partial charge in [-0.2, -0.15) is 5.10 Å². The monoisotopic (exact) mass is 594 g/mol. The number of alkyl halides is 3. The number of rotatable bonds is 10. The zero-order valence-electron chi connectivity index (χ0n) is 21.5. The Hall–Kier alpha value is -3.17. The summed E-state index contributed by atoms with van der Waals surface area (Å²) in [5.41, 5.74) is 0.772. The molecule has 10 nitrogen and oxygen atoms in total. The molecule has 1 atom stereocenters. The van der Waals surface area contributed by atoms with Crippen molar-refractivity contribution in [1.29, 1.82) is 0 Å². The van der Waals surface area contributed by atoms with Crippen LogP contribution in [0, 0.1) is 0 Å². The maximum absolute atomic E-state index is 12.5. The van der Waals surface area contributed by atoms with Gasteiger partial charge < -0.3 is 15.0 Å². The molecule has 0 saturated carbocycles. The minimum Gasteiger partial charge on any atom is -0.406 e. The number of anilines is 3. The third-order valence-electron chi connectivity index (χ3n) is 6.59. The number of amides is 1. The van der Waals surface area contributed by atoms with Crippen LogP contribution in [-0.4, -0.2) is 80.8 Å². The zero-order chi connectivity index (χ0) is 28.0. The molecule has 5 rings (SSSR count). The fraction of sp³-hybridized carbons (Fsp3) is 0.480. The predicted molar refractivity (Wildman–Crippen MR) is 149 cm³/mol. The summed E-state index contributed by atoms with van der Waals surface area (Å²) in [4.78, 5) is 16.9. The van der Waals surface area contributed by atoms with E-state index in [4.69, 9.17) is 0 Å². The molecule has 2 aromatic heterocycles. The molecule has 2 aliphatic rings. The topological polar surface area (TPSA) is 108 Å². The van der Waals surface area contributed by atoms with Crippen molar-refractivity contribution >= 4 is 45.1 Å². The maximum atomic E-state index is 12.5. The van der Waals surface area contributed by atoms with Crippen molar-refractivity contribution in [3.8, 4) is 5.75 Å². The van der Waals surface area contributed by atoms with Crippen LogP contribution in [0.4, 0.5) is 29.3 Å². The highest BCUT2D eigenvalue weighted by molar-refractivity contribution is 8.00. The normalized spacial score (nSPS) is 18.6. The van der Waals surface area contributed by atoms with Crippen LogP contribution in [0.25, 0.3) is 0 Å². The fourth-order valence-corrected chi connectivity index (χ4v) is 6.48. The first-order valence-electron chi connectivity index (χ1n) is 12.9. The van der Waals surface area contributed by atoms with E-state index in [0.717, 1.165) is 56.8 Å². The number of carbonyl (C=O) groups excluding carboxylic acids is 1. The first-order chi connectivity index (χ1) is 19.3. The lowest BCUT2D eigenvalue weighted by atomic mass is 10.1. The Balaban J connectivity index is 0.994. The maximum Gasteiger partial charge on any atom is 0.573 e. The highest BCUT2D eigenvalue weighted by Gasteiger charge is 2.31. The molecule has 15 heteroatoms. The van der Waals surface area contributed by atoms with E-state index in [1.54, 1.807) is 30.1 Å². The van der Waals surface area contributed by atoms with E-state index >= 15 is 0 Å². The predicted octanol–water partition coefficient (Wildman–Crippen LogP) is 4.25. The first kappa shape index (κ1) is 28.4. The fourth-order valence-electron chi connectivity index (χ4n) is 4.74. The van der Waals surface area contributed by atoms with E-state index in [2.05, 4.69) is 45.6 Å². The van der Waals surface area contributed by atoms with Crippen molar-refractivity contribution in [2.75, 3.05) is 47.5 Å². The summed E-state index contributed by atoms with van der Waals surface area (Å²) in [6, 6.07) is 10.1. The molecule has 0 spiro atoms. The summed E-state index contributed by atoms with van der Waals surface area (Å²) in [6.07, 6.45) is -0.312. The van der Waals surface area contributed by atoms with Crippen LogP contribution in [0.1, 0.15) is 24.8 Å². The number of thioether (sulfide) groups is 1. The van der Waals surface area contributed by atoms with Gasteiger partial charge >= 0.3 is 6.36 Å². The van der Waals surface area contributed by atoms with Gasteiger partial charge in [-0.25, -0.2) is 0 Å². The quantitative estimate of drug-likeness (QED) is 0.354. The van der Waals surface area contributed by atoms with Crippen molar-refractivity contribution in [3.05, 3.63) is 48.2 Å². The smallest absolute Gasteiger partial charge is 0.406 e. The lowest BCUT2D eigenvalue weighted by Crippen LogP contribution is -2.34. The van der Waals surface area contributed by atoms with Gasteiger partial charge in [-0.3, -0.25) is 15.0 Å². The molecular formula is C25H29F3N8O2S2. The van der Waals surface area contributed by atoms with Crippen LogP contribution >= 0.6 is 23.1 Å². The summed E-state index contributed by atoms with van der Waals surface area (Å²) in [6.45, 7) is 3.84. The number of ether oxygens (including phenoxy) is 1.